The molecule has 9 heteroatoms. The highest BCUT2D eigenvalue weighted by Gasteiger charge is 2.21. The Bertz CT molecular complexity index is 1160. The molecule has 0 spiro atoms. The average molecular weight is 401 g/mol. The Morgan fingerprint density at radius 3 is 2.45 bits per heavy atom. The van der Waals surface area contributed by atoms with Gasteiger partial charge in [0.15, 0.2) is 11.2 Å². The first-order chi connectivity index (χ1) is 13.8. The van der Waals surface area contributed by atoms with Gasteiger partial charge in [0.1, 0.15) is 5.82 Å². The third kappa shape index (κ3) is 3.72. The van der Waals surface area contributed by atoms with Crippen LogP contribution in [-0.4, -0.2) is 36.5 Å². The summed E-state index contributed by atoms with van der Waals surface area (Å²) < 4.78 is 17.1. The number of rotatable bonds is 6. The summed E-state index contributed by atoms with van der Waals surface area (Å²) in [5.74, 6) is -0.426. The summed E-state index contributed by atoms with van der Waals surface area (Å²) in [4.78, 5) is 43.1. The third-order valence-electron chi connectivity index (χ3n) is 5.29. The number of imidazole rings is 1. The number of aryl methyl sites for hydroxylation is 2. The number of carbonyl (C=O) groups is 1. The van der Waals surface area contributed by atoms with Gasteiger partial charge in [0.25, 0.3) is 5.56 Å². The molecule has 1 unspecified atom stereocenters. The van der Waals surface area contributed by atoms with Gasteiger partial charge in [0, 0.05) is 34.1 Å². The Kier molecular flexibility index (Phi) is 5.67. The predicted octanol–water partition coefficient (Wildman–Crippen LogP) is 1.57. The van der Waals surface area contributed by atoms with Crippen LogP contribution in [0.15, 0.2) is 40.2 Å². The monoisotopic (exact) mass is 401 g/mol. The van der Waals surface area contributed by atoms with Crippen LogP contribution in [-0.2, 0) is 25.4 Å². The number of aromatic nitrogens is 4. The SMILES string of the molecule is CCC(c1ccc(F)cc1)N(C)C(=O)CCn1cnc2c1c(=O)n(C)c(=O)n2C. The van der Waals surface area contributed by atoms with Gasteiger partial charge in [-0.15, -0.1) is 0 Å². The van der Waals surface area contributed by atoms with Crippen molar-refractivity contribution in [2.24, 2.45) is 14.1 Å². The molecule has 1 atom stereocenters. The zero-order chi connectivity index (χ0) is 21.3. The molecule has 154 valence electrons. The minimum Gasteiger partial charge on any atom is -0.339 e. The normalized spacial score (nSPS) is 12.3. The van der Waals surface area contributed by atoms with E-state index in [4.69, 9.17) is 0 Å². The lowest BCUT2D eigenvalue weighted by Gasteiger charge is -2.28. The van der Waals surface area contributed by atoms with E-state index in [0.717, 1.165) is 10.1 Å². The summed E-state index contributed by atoms with van der Waals surface area (Å²) in [6.45, 7) is 2.22. The van der Waals surface area contributed by atoms with Crippen LogP contribution < -0.4 is 11.2 Å². The van der Waals surface area contributed by atoms with Crippen LogP contribution in [0.3, 0.4) is 0 Å². The van der Waals surface area contributed by atoms with Gasteiger partial charge in [-0.1, -0.05) is 19.1 Å². The lowest BCUT2D eigenvalue weighted by molar-refractivity contribution is -0.132. The molecule has 0 aliphatic heterocycles. The van der Waals surface area contributed by atoms with Crippen molar-refractivity contribution >= 4 is 17.1 Å². The highest BCUT2D eigenvalue weighted by atomic mass is 19.1. The van der Waals surface area contributed by atoms with Gasteiger partial charge in [-0.3, -0.25) is 18.7 Å². The molecule has 0 aliphatic carbocycles. The lowest BCUT2D eigenvalue weighted by Crippen LogP contribution is -2.37. The lowest BCUT2D eigenvalue weighted by atomic mass is 10.0. The molecular weight excluding hydrogens is 377 g/mol. The molecule has 0 saturated carbocycles. The van der Waals surface area contributed by atoms with Crippen LogP contribution >= 0.6 is 0 Å². The van der Waals surface area contributed by atoms with E-state index in [1.807, 2.05) is 6.92 Å². The van der Waals surface area contributed by atoms with E-state index in [2.05, 4.69) is 4.98 Å². The van der Waals surface area contributed by atoms with Crippen LogP contribution in [0.4, 0.5) is 4.39 Å². The van der Waals surface area contributed by atoms with Crippen LogP contribution in [0.5, 0.6) is 0 Å². The van der Waals surface area contributed by atoms with Gasteiger partial charge in [-0.2, -0.15) is 0 Å². The van der Waals surface area contributed by atoms with E-state index in [-0.39, 0.29) is 41.9 Å². The van der Waals surface area contributed by atoms with E-state index in [9.17, 15) is 18.8 Å². The summed E-state index contributed by atoms with van der Waals surface area (Å²) in [7, 11) is 4.68. The Hall–Kier alpha value is -3.23. The quantitative estimate of drug-likeness (QED) is 0.628. The van der Waals surface area contributed by atoms with Gasteiger partial charge in [-0.25, -0.2) is 14.2 Å². The van der Waals surface area contributed by atoms with Crippen molar-refractivity contribution in [1.82, 2.24) is 23.6 Å². The summed E-state index contributed by atoms with van der Waals surface area (Å²) in [6, 6.07) is 5.96. The van der Waals surface area contributed by atoms with Crippen LogP contribution in [0.25, 0.3) is 11.2 Å². The number of nitrogens with zero attached hydrogens (tertiary/aromatic N) is 5. The zero-order valence-electron chi connectivity index (χ0n) is 16.9. The number of halogens is 1. The van der Waals surface area contributed by atoms with Crippen molar-refractivity contribution in [2.75, 3.05) is 7.05 Å². The molecule has 0 aliphatic rings. The first kappa shape index (κ1) is 20.5. The maximum atomic E-state index is 13.2. The molecule has 0 bridgehead atoms. The van der Waals surface area contributed by atoms with Crippen molar-refractivity contribution in [2.45, 2.75) is 32.4 Å². The van der Waals surface area contributed by atoms with Crippen molar-refractivity contribution in [3.63, 3.8) is 0 Å². The second kappa shape index (κ2) is 8.02. The Morgan fingerprint density at radius 2 is 1.83 bits per heavy atom. The van der Waals surface area contributed by atoms with E-state index < -0.39 is 11.2 Å². The predicted molar refractivity (Wildman–Crippen MR) is 107 cm³/mol. The van der Waals surface area contributed by atoms with Gasteiger partial charge >= 0.3 is 5.69 Å². The van der Waals surface area contributed by atoms with Crippen molar-refractivity contribution < 1.29 is 9.18 Å². The number of fused-ring (bicyclic) bond motifs is 1. The summed E-state index contributed by atoms with van der Waals surface area (Å²) >= 11 is 0. The fourth-order valence-electron chi connectivity index (χ4n) is 3.55. The van der Waals surface area contributed by atoms with E-state index >= 15 is 0 Å². The first-order valence-corrected chi connectivity index (χ1v) is 9.38. The Balaban J connectivity index is 1.81. The van der Waals surface area contributed by atoms with E-state index in [0.29, 0.717) is 6.42 Å². The van der Waals surface area contributed by atoms with Crippen molar-refractivity contribution in [3.05, 3.63) is 62.8 Å². The molecule has 0 radical (unpaired) electrons. The maximum absolute atomic E-state index is 13.2. The van der Waals surface area contributed by atoms with E-state index in [1.54, 1.807) is 35.7 Å². The van der Waals surface area contributed by atoms with Crippen LogP contribution in [0.2, 0.25) is 0 Å². The standard InChI is InChI=1S/C20H24FN5O3/c1-5-15(13-6-8-14(21)9-7-13)23(2)16(27)10-11-26-12-22-18-17(26)19(28)25(4)20(29)24(18)3/h6-9,12,15H,5,10-11H2,1-4H3. The topological polar surface area (TPSA) is 82.1 Å². The third-order valence-corrected chi connectivity index (χ3v) is 5.29. The molecule has 1 amide bonds. The van der Waals surface area contributed by atoms with Crippen molar-refractivity contribution in [3.8, 4) is 0 Å². The van der Waals surface area contributed by atoms with Crippen LogP contribution in [0, 0.1) is 5.82 Å². The number of carbonyl (C=O) groups excluding carboxylic acids is 1. The average Bonchev–Trinajstić information content (AvgIpc) is 3.14. The molecule has 1 aromatic carbocycles. The van der Waals surface area contributed by atoms with Gasteiger partial charge < -0.3 is 9.47 Å². The molecule has 2 aromatic heterocycles. The largest absolute Gasteiger partial charge is 0.339 e. The minimum absolute atomic E-state index is 0.107. The summed E-state index contributed by atoms with van der Waals surface area (Å²) in [5.41, 5.74) is 0.543. The molecule has 8 nitrogen and oxygen atoms in total. The first-order valence-electron chi connectivity index (χ1n) is 9.38. The Labute approximate surface area is 166 Å². The second-order valence-corrected chi connectivity index (χ2v) is 7.05. The molecule has 0 fully saturated rings. The Morgan fingerprint density at radius 1 is 1.17 bits per heavy atom. The number of benzene rings is 1. The molecule has 2 heterocycles. The fraction of sp³-hybridized carbons (Fsp3) is 0.400. The molecule has 3 rings (SSSR count). The highest BCUT2D eigenvalue weighted by Crippen LogP contribution is 2.24. The smallest absolute Gasteiger partial charge is 0.332 e. The molecule has 0 saturated heterocycles. The fourth-order valence-corrected chi connectivity index (χ4v) is 3.55. The molecule has 29 heavy (non-hydrogen) atoms. The summed E-state index contributed by atoms with van der Waals surface area (Å²) in [6.07, 6.45) is 2.31. The number of hydrogen-bond acceptors (Lipinski definition) is 4. The van der Waals surface area contributed by atoms with Gasteiger partial charge in [-0.05, 0) is 24.1 Å². The highest BCUT2D eigenvalue weighted by molar-refractivity contribution is 5.77. The second-order valence-electron chi connectivity index (χ2n) is 7.05. The zero-order valence-corrected chi connectivity index (χ0v) is 16.9. The summed E-state index contributed by atoms with van der Waals surface area (Å²) in [5, 5.41) is 0. The van der Waals surface area contributed by atoms with E-state index in [1.165, 1.54) is 30.1 Å². The maximum Gasteiger partial charge on any atom is 0.332 e. The van der Waals surface area contributed by atoms with Crippen LogP contribution in [0.1, 0.15) is 31.4 Å². The molecule has 3 aromatic rings. The minimum atomic E-state index is -0.450. The van der Waals surface area contributed by atoms with Gasteiger partial charge in [0.05, 0.1) is 12.4 Å². The number of amides is 1. The number of hydrogen-bond donors (Lipinski definition) is 0. The molecule has 0 N–H and O–H groups in total. The van der Waals surface area contributed by atoms with Crippen molar-refractivity contribution in [1.29, 1.82) is 0 Å². The molecular formula is C20H24FN5O3. The van der Waals surface area contributed by atoms with Gasteiger partial charge in [0.2, 0.25) is 5.91 Å².